The van der Waals surface area contributed by atoms with Gasteiger partial charge in [0.25, 0.3) is 0 Å². The van der Waals surface area contributed by atoms with Crippen molar-refractivity contribution in [1.82, 2.24) is 0 Å². The average Bonchev–Trinajstić information content (AvgIpc) is 1.25. The Kier molecular flexibility index (Phi) is 71.6. The Balaban J connectivity index is 5.35. The quantitative estimate of drug-likeness (QED) is 0.0169. The minimum absolute atomic E-state index is 0.0819. The van der Waals surface area contributed by atoms with Crippen LogP contribution >= 0.6 is 15.6 Å². The van der Waals surface area contributed by atoms with Crippen molar-refractivity contribution < 1.29 is 80.2 Å². The Labute approximate surface area is 610 Å². The van der Waals surface area contributed by atoms with Gasteiger partial charge in [-0.05, 0) is 135 Å². The van der Waals surface area contributed by atoms with Gasteiger partial charge in [-0.15, -0.1) is 0 Å². The summed E-state index contributed by atoms with van der Waals surface area (Å²) in [6.45, 7) is 4.86. The Morgan fingerprint density at radius 2 is 0.490 bits per heavy atom. The summed E-state index contributed by atoms with van der Waals surface area (Å²) in [5.41, 5.74) is 0. The highest BCUT2D eigenvalue weighted by Crippen LogP contribution is 2.45. The highest BCUT2D eigenvalue weighted by atomic mass is 31.2. The third-order valence-corrected chi connectivity index (χ3v) is 19.3. The highest BCUT2D eigenvalue weighted by molar-refractivity contribution is 7.47. The first-order valence-electron chi connectivity index (χ1n) is 40.5. The number of hydrogen-bond donors (Lipinski definition) is 3. The molecule has 17 nitrogen and oxygen atoms in total. The molecule has 19 heteroatoms. The van der Waals surface area contributed by atoms with Crippen LogP contribution in [0.4, 0.5) is 0 Å². The Hall–Kier alpha value is -3.24. The standard InChI is InChI=1S/C81H148O17P2/c1-5-9-13-17-21-25-29-33-37-41-45-49-53-57-61-65-78(83)91-71-76(97-80(85)67-63-59-55-51-47-43-39-35-31-27-23-19-15-11-7-3)73-95-99(87,88)93-69-75(82)70-94-100(89,90)96-74-77(98-81(86)68-64-60-56-52-48-44-40-36-32-28-24-20-16-12-8-4)72-92-79(84)66-62-58-54-50-46-42-38-34-30-26-22-18-14-10-6-2/h23,25,27-29,32,34-35,38-39,75-77,82H,5-22,24,26,30-31,33,36-37,40-74H2,1-4H3,(H,87,88)(H,89,90)/b27-23-,29-25-,32-28-,38-34-,39-35-/t75-,76+,77+/m0/s1. The van der Waals surface area contributed by atoms with Gasteiger partial charge >= 0.3 is 39.5 Å². The molecule has 0 spiro atoms. The zero-order valence-electron chi connectivity index (χ0n) is 63.9. The Morgan fingerprint density at radius 1 is 0.280 bits per heavy atom. The molecule has 0 radical (unpaired) electrons. The summed E-state index contributed by atoms with van der Waals surface area (Å²) in [5.74, 6) is -2.18. The van der Waals surface area contributed by atoms with Crippen LogP contribution in [0.3, 0.4) is 0 Å². The molecular weight excluding hydrogens is 1310 g/mol. The van der Waals surface area contributed by atoms with Crippen molar-refractivity contribution in [3.8, 4) is 0 Å². The van der Waals surface area contributed by atoms with Crippen LogP contribution in [0.15, 0.2) is 60.8 Å². The zero-order chi connectivity index (χ0) is 73.2. The summed E-state index contributed by atoms with van der Waals surface area (Å²) in [6, 6.07) is 0. The monoisotopic (exact) mass is 1460 g/mol. The van der Waals surface area contributed by atoms with E-state index in [4.69, 9.17) is 37.0 Å². The normalized spacial score (nSPS) is 14.2. The third kappa shape index (κ3) is 73.1. The molecule has 3 N–H and O–H groups in total. The second kappa shape index (κ2) is 74.0. The van der Waals surface area contributed by atoms with Gasteiger partial charge in [0.2, 0.25) is 0 Å². The van der Waals surface area contributed by atoms with E-state index >= 15 is 0 Å². The third-order valence-electron chi connectivity index (χ3n) is 17.4. The fourth-order valence-corrected chi connectivity index (χ4v) is 12.8. The summed E-state index contributed by atoms with van der Waals surface area (Å²) in [5, 5.41) is 10.6. The van der Waals surface area contributed by atoms with Crippen molar-refractivity contribution in [2.75, 3.05) is 39.6 Å². The molecule has 0 saturated heterocycles. The first-order chi connectivity index (χ1) is 48.7. The van der Waals surface area contributed by atoms with Crippen molar-refractivity contribution in [3.05, 3.63) is 60.8 Å². The molecule has 0 bridgehead atoms. The van der Waals surface area contributed by atoms with Crippen LogP contribution in [0.5, 0.6) is 0 Å². The highest BCUT2D eigenvalue weighted by Gasteiger charge is 2.30. The Morgan fingerprint density at radius 3 is 0.780 bits per heavy atom. The van der Waals surface area contributed by atoms with Gasteiger partial charge in [-0.2, -0.15) is 0 Å². The van der Waals surface area contributed by atoms with Crippen molar-refractivity contribution in [2.45, 2.75) is 393 Å². The second-order valence-corrected chi connectivity index (χ2v) is 30.3. The summed E-state index contributed by atoms with van der Waals surface area (Å²) in [7, 11) is -9.95. The van der Waals surface area contributed by atoms with E-state index in [0.717, 1.165) is 173 Å². The molecule has 0 aliphatic rings. The minimum Gasteiger partial charge on any atom is -0.462 e. The second-order valence-electron chi connectivity index (χ2n) is 27.3. The predicted octanol–water partition coefficient (Wildman–Crippen LogP) is 23.5. The molecule has 0 aliphatic carbocycles. The van der Waals surface area contributed by atoms with E-state index < -0.39 is 97.5 Å². The largest absolute Gasteiger partial charge is 0.472 e. The van der Waals surface area contributed by atoms with Gasteiger partial charge in [-0.3, -0.25) is 37.3 Å². The molecular formula is C81H148O17P2. The fraction of sp³-hybridized carbons (Fsp3) is 0.827. The number of aliphatic hydroxyl groups is 1. The van der Waals surface area contributed by atoms with Crippen LogP contribution in [0.25, 0.3) is 0 Å². The van der Waals surface area contributed by atoms with E-state index in [0.29, 0.717) is 25.7 Å². The molecule has 0 heterocycles. The number of phosphoric acid groups is 2. The maximum atomic E-state index is 13.1. The van der Waals surface area contributed by atoms with E-state index in [1.807, 2.05) is 0 Å². The summed E-state index contributed by atoms with van der Waals surface area (Å²) in [4.78, 5) is 73.0. The van der Waals surface area contributed by atoms with Gasteiger partial charge in [-0.25, -0.2) is 9.13 Å². The molecule has 2 unspecified atom stereocenters. The molecule has 100 heavy (non-hydrogen) atoms. The van der Waals surface area contributed by atoms with Crippen LogP contribution in [-0.2, 0) is 65.4 Å². The first kappa shape index (κ1) is 96.8. The number of rotatable bonds is 77. The first-order valence-corrected chi connectivity index (χ1v) is 43.5. The Bertz CT molecular complexity index is 2130. The van der Waals surface area contributed by atoms with E-state index in [2.05, 4.69) is 88.5 Å². The van der Waals surface area contributed by atoms with Crippen LogP contribution in [0.2, 0.25) is 0 Å². The SMILES string of the molecule is CCCCC/C=C\C/C=C\CCCCCCCC(=O)O[C@H](COC(=O)CCCCCCCCC/C=C\CCCCCC)COP(=O)(O)OC[C@H](O)COP(=O)(O)OC[C@@H](COC(=O)CCCCCCC/C=C\CCCCCCCC)OC(=O)CCCCCCCCC/C=C\CCCCCC. The van der Waals surface area contributed by atoms with Crippen LogP contribution < -0.4 is 0 Å². The summed E-state index contributed by atoms with van der Waals surface area (Å²) >= 11 is 0. The number of carbonyl (C=O) groups excluding carboxylic acids is 4. The lowest BCUT2D eigenvalue weighted by atomic mass is 10.1. The topological polar surface area (TPSA) is 237 Å². The van der Waals surface area contributed by atoms with Gasteiger partial charge in [-0.1, -0.05) is 275 Å². The molecule has 0 rings (SSSR count). The van der Waals surface area contributed by atoms with E-state index in [1.54, 1.807) is 0 Å². The number of unbranched alkanes of at least 4 members (excludes halogenated alkanes) is 41. The van der Waals surface area contributed by atoms with E-state index in [-0.39, 0.29) is 25.7 Å². The smallest absolute Gasteiger partial charge is 0.462 e. The number of carbonyl (C=O) groups is 4. The number of phosphoric ester groups is 2. The van der Waals surface area contributed by atoms with Crippen molar-refractivity contribution in [3.63, 3.8) is 0 Å². The van der Waals surface area contributed by atoms with Crippen LogP contribution in [-0.4, -0.2) is 96.7 Å². The maximum Gasteiger partial charge on any atom is 0.472 e. The van der Waals surface area contributed by atoms with Gasteiger partial charge in [0.05, 0.1) is 26.4 Å². The maximum absolute atomic E-state index is 13.1. The molecule has 0 aromatic rings. The number of esters is 4. The van der Waals surface area contributed by atoms with Crippen molar-refractivity contribution >= 4 is 39.5 Å². The fourth-order valence-electron chi connectivity index (χ4n) is 11.2. The molecule has 0 aliphatic heterocycles. The summed E-state index contributed by atoms with van der Waals surface area (Å²) < 4.78 is 68.6. The molecule has 0 saturated carbocycles. The van der Waals surface area contributed by atoms with Crippen LogP contribution in [0.1, 0.15) is 374 Å². The van der Waals surface area contributed by atoms with Gasteiger partial charge in [0.1, 0.15) is 19.3 Å². The summed E-state index contributed by atoms with van der Waals surface area (Å²) in [6.07, 6.45) is 73.3. The molecule has 0 amide bonds. The zero-order valence-corrected chi connectivity index (χ0v) is 65.7. The lowest BCUT2D eigenvalue weighted by Crippen LogP contribution is -2.30. The average molecular weight is 1460 g/mol. The van der Waals surface area contributed by atoms with Crippen LogP contribution in [0, 0.1) is 0 Å². The van der Waals surface area contributed by atoms with Gasteiger partial charge in [0, 0.05) is 25.7 Å². The number of hydrogen-bond acceptors (Lipinski definition) is 15. The molecule has 0 aromatic carbocycles. The molecule has 5 atom stereocenters. The van der Waals surface area contributed by atoms with Crippen molar-refractivity contribution in [1.29, 1.82) is 0 Å². The van der Waals surface area contributed by atoms with E-state index in [9.17, 15) is 43.2 Å². The molecule has 0 fully saturated rings. The number of aliphatic hydroxyl groups excluding tert-OH is 1. The van der Waals surface area contributed by atoms with Crippen molar-refractivity contribution in [2.24, 2.45) is 0 Å². The predicted molar refractivity (Wildman–Crippen MR) is 409 cm³/mol. The minimum atomic E-state index is -4.97. The lowest BCUT2D eigenvalue weighted by Gasteiger charge is -2.21. The van der Waals surface area contributed by atoms with E-state index in [1.165, 1.54) is 122 Å². The van der Waals surface area contributed by atoms with Gasteiger partial charge < -0.3 is 33.8 Å². The number of ether oxygens (including phenoxy) is 4. The van der Waals surface area contributed by atoms with Gasteiger partial charge in [0.15, 0.2) is 12.2 Å². The molecule has 0 aromatic heterocycles. The lowest BCUT2D eigenvalue weighted by molar-refractivity contribution is -0.161. The number of allylic oxidation sites excluding steroid dienone is 10. The molecule has 584 valence electrons.